The van der Waals surface area contributed by atoms with Gasteiger partial charge in [0.25, 0.3) is 0 Å². The maximum atomic E-state index is 11.7. The van der Waals surface area contributed by atoms with Crippen LogP contribution in [-0.4, -0.2) is 31.0 Å². The quantitative estimate of drug-likeness (QED) is 0.285. The molecule has 3 aromatic rings. The topological polar surface area (TPSA) is 111 Å². The third-order valence-corrected chi connectivity index (χ3v) is 4.49. The molecule has 2 N–H and O–H groups in total. The van der Waals surface area contributed by atoms with Gasteiger partial charge in [-0.15, -0.1) is 0 Å². The summed E-state index contributed by atoms with van der Waals surface area (Å²) < 4.78 is 1.95. The van der Waals surface area contributed by atoms with E-state index in [9.17, 15) is 10.1 Å². The number of nitrogens with one attached hydrogen (secondary N) is 2. The average Bonchev–Trinajstić information content (AvgIpc) is 3.24. The van der Waals surface area contributed by atoms with Crippen LogP contribution in [0, 0.1) is 10.1 Å². The number of imidazole rings is 1. The highest BCUT2D eigenvalue weighted by atomic mass is 16.6. The minimum Gasteiger partial charge on any atom is -0.364 e. The first-order chi connectivity index (χ1) is 14.2. The minimum absolute atomic E-state index is 0.162. The van der Waals surface area contributed by atoms with E-state index in [1.807, 2.05) is 35.0 Å². The van der Waals surface area contributed by atoms with Gasteiger partial charge in [0.1, 0.15) is 6.33 Å². The summed E-state index contributed by atoms with van der Waals surface area (Å²) in [5.41, 5.74) is 1.83. The highest BCUT2D eigenvalue weighted by Gasteiger charge is 2.22. The molecule has 0 unspecified atom stereocenters. The lowest BCUT2D eigenvalue weighted by atomic mass is 10.1. The van der Waals surface area contributed by atoms with E-state index in [0.717, 1.165) is 37.9 Å². The summed E-state index contributed by atoms with van der Waals surface area (Å²) in [5.74, 6) is 0.376. The highest BCUT2D eigenvalue weighted by Crippen LogP contribution is 2.31. The van der Waals surface area contributed by atoms with E-state index < -0.39 is 4.92 Å². The molecule has 29 heavy (non-hydrogen) atoms. The molecule has 0 spiro atoms. The van der Waals surface area contributed by atoms with Gasteiger partial charge in [0.05, 0.1) is 11.3 Å². The molecule has 0 atom stereocenters. The van der Waals surface area contributed by atoms with Crippen LogP contribution in [0.15, 0.2) is 49.3 Å². The van der Waals surface area contributed by atoms with Crippen molar-refractivity contribution in [2.45, 2.75) is 39.2 Å². The van der Waals surface area contributed by atoms with E-state index in [1.165, 1.54) is 11.9 Å². The van der Waals surface area contributed by atoms with Crippen molar-refractivity contribution in [2.75, 3.05) is 17.2 Å². The summed E-state index contributed by atoms with van der Waals surface area (Å²) in [5, 5.41) is 17.8. The van der Waals surface area contributed by atoms with Gasteiger partial charge in [-0.05, 0) is 37.0 Å². The molecule has 0 aliphatic heterocycles. The number of anilines is 3. The number of hydrogen-bond acceptors (Lipinski definition) is 7. The number of nitrogens with zero attached hydrogens (tertiary/aromatic N) is 5. The lowest BCUT2D eigenvalue weighted by Gasteiger charge is -2.11. The maximum absolute atomic E-state index is 11.7. The number of aryl methyl sites for hydroxylation is 2. The fourth-order valence-corrected chi connectivity index (χ4v) is 2.93. The fraction of sp³-hybridized carbons (Fsp3) is 0.350. The maximum Gasteiger partial charge on any atom is 0.353 e. The molecule has 152 valence electrons. The monoisotopic (exact) mass is 395 g/mol. The van der Waals surface area contributed by atoms with Gasteiger partial charge in [-0.25, -0.2) is 15.0 Å². The molecule has 0 saturated heterocycles. The number of aromatic nitrogens is 4. The molecule has 0 bridgehead atoms. The molecule has 2 aromatic heterocycles. The van der Waals surface area contributed by atoms with Gasteiger partial charge in [0, 0.05) is 31.2 Å². The number of hydrogen-bond donors (Lipinski definition) is 2. The molecular formula is C20H25N7O2. The predicted molar refractivity (Wildman–Crippen MR) is 112 cm³/mol. The molecule has 0 fully saturated rings. The Hall–Kier alpha value is -3.49. The van der Waals surface area contributed by atoms with Gasteiger partial charge in [-0.1, -0.05) is 25.5 Å². The van der Waals surface area contributed by atoms with E-state index in [2.05, 4.69) is 32.5 Å². The van der Waals surface area contributed by atoms with Crippen LogP contribution in [0.25, 0.3) is 0 Å². The molecule has 2 heterocycles. The second-order valence-corrected chi connectivity index (χ2v) is 6.68. The Kier molecular flexibility index (Phi) is 7.10. The van der Waals surface area contributed by atoms with Crippen LogP contribution in [-0.2, 0) is 13.0 Å². The van der Waals surface area contributed by atoms with E-state index >= 15 is 0 Å². The van der Waals surface area contributed by atoms with Crippen molar-refractivity contribution in [3.05, 3.63) is 65.0 Å². The normalized spacial score (nSPS) is 10.7. The Balaban J connectivity index is 1.66. The minimum atomic E-state index is -0.462. The molecular weight excluding hydrogens is 370 g/mol. The van der Waals surface area contributed by atoms with Gasteiger partial charge in [-0.2, -0.15) is 0 Å². The van der Waals surface area contributed by atoms with Gasteiger partial charge >= 0.3 is 5.69 Å². The molecule has 1 aromatic carbocycles. The second-order valence-electron chi connectivity index (χ2n) is 6.68. The van der Waals surface area contributed by atoms with Gasteiger partial charge in [0.2, 0.25) is 11.6 Å². The van der Waals surface area contributed by atoms with E-state index in [1.54, 1.807) is 12.5 Å². The van der Waals surface area contributed by atoms with E-state index in [-0.39, 0.29) is 17.3 Å². The molecule has 0 saturated carbocycles. The molecule has 9 nitrogen and oxygen atoms in total. The lowest BCUT2D eigenvalue weighted by Crippen LogP contribution is -2.10. The van der Waals surface area contributed by atoms with Crippen molar-refractivity contribution in [3.63, 3.8) is 0 Å². The standard InChI is InChI=1S/C20H25N7O2/c1-2-3-5-16-6-8-17(9-7-16)25-20-18(27(28)29)19(23-14-24-20)22-10-4-12-26-13-11-21-15-26/h6-9,11,13-15H,2-5,10,12H2,1H3,(H2,22,23,24,25). The zero-order chi connectivity index (χ0) is 20.5. The summed E-state index contributed by atoms with van der Waals surface area (Å²) in [4.78, 5) is 23.3. The first-order valence-electron chi connectivity index (χ1n) is 9.72. The SMILES string of the molecule is CCCCc1ccc(Nc2ncnc(NCCCn3ccnc3)c2[N+](=O)[O-])cc1. The Labute approximate surface area is 169 Å². The van der Waals surface area contributed by atoms with Crippen molar-refractivity contribution >= 4 is 23.0 Å². The number of nitro groups is 1. The fourth-order valence-electron chi connectivity index (χ4n) is 2.93. The molecule has 0 aliphatic rings. The number of benzene rings is 1. The van der Waals surface area contributed by atoms with Crippen molar-refractivity contribution < 1.29 is 4.92 Å². The first kappa shape index (κ1) is 20.2. The number of unbranched alkanes of at least 4 members (excludes halogenated alkanes) is 1. The Bertz CT molecular complexity index is 911. The van der Waals surface area contributed by atoms with Crippen LogP contribution in [0.5, 0.6) is 0 Å². The molecule has 0 aliphatic carbocycles. The average molecular weight is 395 g/mol. The summed E-state index contributed by atoms with van der Waals surface area (Å²) >= 11 is 0. The summed E-state index contributed by atoms with van der Waals surface area (Å²) in [6.45, 7) is 3.47. The molecule has 3 rings (SSSR count). The van der Waals surface area contributed by atoms with Crippen LogP contribution >= 0.6 is 0 Å². The van der Waals surface area contributed by atoms with Gasteiger partial charge < -0.3 is 15.2 Å². The smallest absolute Gasteiger partial charge is 0.353 e. The zero-order valence-electron chi connectivity index (χ0n) is 16.4. The summed E-state index contributed by atoms with van der Waals surface area (Å²) in [6, 6.07) is 7.88. The largest absolute Gasteiger partial charge is 0.364 e. The summed E-state index contributed by atoms with van der Waals surface area (Å²) in [6.07, 6.45) is 10.7. The van der Waals surface area contributed by atoms with E-state index in [0.29, 0.717) is 6.54 Å². The van der Waals surface area contributed by atoms with Crippen molar-refractivity contribution in [2.24, 2.45) is 0 Å². The van der Waals surface area contributed by atoms with Gasteiger partial charge in [0.15, 0.2) is 0 Å². The zero-order valence-corrected chi connectivity index (χ0v) is 16.4. The van der Waals surface area contributed by atoms with Crippen LogP contribution in [0.4, 0.5) is 23.0 Å². The number of rotatable bonds is 11. The molecule has 9 heteroatoms. The van der Waals surface area contributed by atoms with E-state index in [4.69, 9.17) is 0 Å². The Morgan fingerprint density at radius 1 is 1.14 bits per heavy atom. The third-order valence-electron chi connectivity index (χ3n) is 4.49. The van der Waals surface area contributed by atoms with Crippen LogP contribution in [0.2, 0.25) is 0 Å². The van der Waals surface area contributed by atoms with Crippen LogP contribution in [0.3, 0.4) is 0 Å². The molecule has 0 radical (unpaired) electrons. The van der Waals surface area contributed by atoms with Crippen molar-refractivity contribution in [1.29, 1.82) is 0 Å². The predicted octanol–water partition coefficient (Wildman–Crippen LogP) is 4.17. The van der Waals surface area contributed by atoms with Gasteiger partial charge in [-0.3, -0.25) is 10.1 Å². The highest BCUT2D eigenvalue weighted by molar-refractivity contribution is 5.73. The lowest BCUT2D eigenvalue weighted by molar-refractivity contribution is -0.383. The third kappa shape index (κ3) is 5.74. The summed E-state index contributed by atoms with van der Waals surface area (Å²) in [7, 11) is 0. The Morgan fingerprint density at radius 2 is 1.93 bits per heavy atom. The van der Waals surface area contributed by atoms with Crippen molar-refractivity contribution in [3.8, 4) is 0 Å². The first-order valence-corrected chi connectivity index (χ1v) is 9.72. The van der Waals surface area contributed by atoms with Crippen LogP contribution in [0.1, 0.15) is 31.7 Å². The second kappa shape index (κ2) is 10.2. The molecule has 0 amide bonds. The Morgan fingerprint density at radius 3 is 2.62 bits per heavy atom. The van der Waals surface area contributed by atoms with Crippen LogP contribution < -0.4 is 10.6 Å². The van der Waals surface area contributed by atoms with Crippen molar-refractivity contribution in [1.82, 2.24) is 19.5 Å².